The molecule has 0 aromatic carbocycles. The summed E-state index contributed by atoms with van der Waals surface area (Å²) >= 11 is 0. The highest BCUT2D eigenvalue weighted by atomic mass is 16.5. The van der Waals surface area contributed by atoms with E-state index in [2.05, 4.69) is 17.7 Å². The Balaban J connectivity index is 0.000000255. The molecule has 0 spiro atoms. The Kier molecular flexibility index (Phi) is 7.53. The van der Waals surface area contributed by atoms with Crippen LogP contribution in [0.4, 0.5) is 0 Å². The first-order chi connectivity index (χ1) is 6.70. The van der Waals surface area contributed by atoms with Gasteiger partial charge in [-0.3, -0.25) is 4.79 Å². The van der Waals surface area contributed by atoms with Crippen molar-refractivity contribution in [3.63, 3.8) is 0 Å². The van der Waals surface area contributed by atoms with Crippen LogP contribution in [0.5, 0.6) is 0 Å². The first kappa shape index (κ1) is 12.7. The molecule has 3 nitrogen and oxygen atoms in total. The van der Waals surface area contributed by atoms with Crippen LogP contribution in [-0.4, -0.2) is 5.97 Å². The number of hydrogen-bond acceptors (Lipinski definition) is 3. The maximum Gasteiger partial charge on any atom is 0.318 e. The molecule has 0 aliphatic heterocycles. The van der Waals surface area contributed by atoms with Gasteiger partial charge in [-0.05, 0) is 32.1 Å². The van der Waals surface area contributed by atoms with Crippen LogP contribution in [0.2, 0.25) is 0 Å². The highest BCUT2D eigenvalue weighted by Gasteiger charge is 1.98. The summed E-state index contributed by atoms with van der Waals surface area (Å²) in [7, 11) is 0. The molecule has 0 heterocycles. The second-order valence-electron chi connectivity index (χ2n) is 3.15. The molecule has 3 heteroatoms. The lowest BCUT2D eigenvalue weighted by atomic mass is 9.98. The molecule has 0 amide bonds. The number of hydrogen-bond donors (Lipinski definition) is 0. The normalized spacial score (nSPS) is 14.2. The fourth-order valence-corrected chi connectivity index (χ4v) is 1.29. The molecule has 14 heavy (non-hydrogen) atoms. The SMILES string of the molecule is CC(=O)OC#N.CCC1=CCCCC1. The van der Waals surface area contributed by atoms with Gasteiger partial charge in [0.25, 0.3) is 6.26 Å². The lowest BCUT2D eigenvalue weighted by Crippen LogP contribution is -1.88. The van der Waals surface area contributed by atoms with Crippen molar-refractivity contribution in [3.05, 3.63) is 11.6 Å². The van der Waals surface area contributed by atoms with Gasteiger partial charge in [-0.1, -0.05) is 18.6 Å². The van der Waals surface area contributed by atoms with Crippen LogP contribution >= 0.6 is 0 Å². The summed E-state index contributed by atoms with van der Waals surface area (Å²) in [4.78, 5) is 9.60. The summed E-state index contributed by atoms with van der Waals surface area (Å²) in [6.45, 7) is 3.42. The number of carbonyl (C=O) groups is 1. The molecule has 0 aromatic heterocycles. The zero-order valence-electron chi connectivity index (χ0n) is 8.88. The molecule has 0 fully saturated rings. The summed E-state index contributed by atoms with van der Waals surface area (Å²) in [6.07, 6.45) is 10.5. The quantitative estimate of drug-likeness (QED) is 0.367. The van der Waals surface area contributed by atoms with Gasteiger partial charge in [-0.15, -0.1) is 5.26 Å². The minimum atomic E-state index is -0.572. The van der Waals surface area contributed by atoms with Crippen LogP contribution in [-0.2, 0) is 9.53 Å². The number of allylic oxidation sites excluding steroid dienone is 2. The first-order valence-electron chi connectivity index (χ1n) is 4.95. The molecule has 78 valence electrons. The van der Waals surface area contributed by atoms with Gasteiger partial charge in [-0.2, -0.15) is 0 Å². The van der Waals surface area contributed by atoms with Crippen molar-refractivity contribution in [1.29, 1.82) is 5.26 Å². The van der Waals surface area contributed by atoms with Gasteiger partial charge in [0.15, 0.2) is 0 Å². The number of ether oxygens (including phenoxy) is 1. The van der Waals surface area contributed by atoms with Gasteiger partial charge < -0.3 is 4.74 Å². The van der Waals surface area contributed by atoms with E-state index in [1.165, 1.54) is 45.3 Å². The predicted molar refractivity (Wildman–Crippen MR) is 54.2 cm³/mol. The van der Waals surface area contributed by atoms with Crippen molar-refractivity contribution in [3.8, 4) is 6.26 Å². The molecule has 0 atom stereocenters. The van der Waals surface area contributed by atoms with Crippen LogP contribution in [0.3, 0.4) is 0 Å². The minimum Gasteiger partial charge on any atom is -0.351 e. The zero-order chi connectivity index (χ0) is 10.8. The second kappa shape index (κ2) is 8.31. The Morgan fingerprint density at radius 3 is 2.57 bits per heavy atom. The minimum absolute atomic E-state index is 0.572. The van der Waals surface area contributed by atoms with Gasteiger partial charge in [-0.25, -0.2) is 0 Å². The van der Waals surface area contributed by atoms with Gasteiger partial charge in [0.2, 0.25) is 0 Å². The van der Waals surface area contributed by atoms with E-state index in [-0.39, 0.29) is 0 Å². The van der Waals surface area contributed by atoms with E-state index in [9.17, 15) is 4.79 Å². The molecule has 1 rings (SSSR count). The molecular formula is C11H17NO2. The Morgan fingerprint density at radius 1 is 1.64 bits per heavy atom. The molecule has 0 aromatic rings. The molecule has 1 aliphatic carbocycles. The third kappa shape index (κ3) is 7.35. The molecule has 0 N–H and O–H groups in total. The lowest BCUT2D eigenvalue weighted by molar-refractivity contribution is -0.134. The summed E-state index contributed by atoms with van der Waals surface area (Å²) < 4.78 is 3.71. The highest BCUT2D eigenvalue weighted by molar-refractivity contribution is 5.66. The van der Waals surface area contributed by atoms with Crippen LogP contribution < -0.4 is 0 Å². The number of nitriles is 1. The van der Waals surface area contributed by atoms with E-state index < -0.39 is 5.97 Å². The van der Waals surface area contributed by atoms with Crippen molar-refractivity contribution in [2.24, 2.45) is 0 Å². The fraction of sp³-hybridized carbons (Fsp3) is 0.636. The van der Waals surface area contributed by atoms with Crippen molar-refractivity contribution < 1.29 is 9.53 Å². The van der Waals surface area contributed by atoms with E-state index in [4.69, 9.17) is 5.26 Å². The topological polar surface area (TPSA) is 50.1 Å². The van der Waals surface area contributed by atoms with E-state index in [0.29, 0.717) is 0 Å². The number of esters is 1. The van der Waals surface area contributed by atoms with Crippen molar-refractivity contribution in [2.45, 2.75) is 46.0 Å². The van der Waals surface area contributed by atoms with Crippen molar-refractivity contribution in [2.75, 3.05) is 0 Å². The molecule has 0 saturated carbocycles. The Labute approximate surface area is 85.4 Å². The summed E-state index contributed by atoms with van der Waals surface area (Å²) in [5, 5.41) is 7.54. The standard InChI is InChI=1S/C8H14.C3H3NO2/c1-2-8-6-4-3-5-7-8;1-3(5)6-2-4/h6H,2-5,7H2,1H3;1H3. The summed E-state index contributed by atoms with van der Waals surface area (Å²) in [5.74, 6) is -0.572. The van der Waals surface area contributed by atoms with Gasteiger partial charge in [0.05, 0.1) is 0 Å². The second-order valence-corrected chi connectivity index (χ2v) is 3.15. The number of rotatable bonds is 1. The molecular weight excluding hydrogens is 178 g/mol. The monoisotopic (exact) mass is 195 g/mol. The van der Waals surface area contributed by atoms with Crippen LogP contribution in [0.15, 0.2) is 11.6 Å². The smallest absolute Gasteiger partial charge is 0.318 e. The van der Waals surface area contributed by atoms with Crippen molar-refractivity contribution >= 4 is 5.97 Å². The summed E-state index contributed by atoms with van der Waals surface area (Å²) in [6, 6.07) is 0. The third-order valence-electron chi connectivity index (χ3n) is 2.03. The predicted octanol–water partition coefficient (Wildman–Crippen LogP) is 2.93. The number of nitrogens with zero attached hydrogens (tertiary/aromatic N) is 1. The molecule has 0 bridgehead atoms. The molecule has 0 radical (unpaired) electrons. The van der Waals surface area contributed by atoms with Crippen molar-refractivity contribution in [1.82, 2.24) is 0 Å². The average molecular weight is 195 g/mol. The number of carbonyl (C=O) groups excluding carboxylic acids is 1. The van der Waals surface area contributed by atoms with Gasteiger partial charge >= 0.3 is 5.97 Å². The molecule has 0 unspecified atom stereocenters. The summed E-state index contributed by atoms with van der Waals surface area (Å²) in [5.41, 5.74) is 1.68. The van der Waals surface area contributed by atoms with Crippen LogP contribution in [0.25, 0.3) is 0 Å². The molecule has 1 aliphatic rings. The first-order valence-corrected chi connectivity index (χ1v) is 4.95. The average Bonchev–Trinajstić information content (AvgIpc) is 2.20. The Hall–Kier alpha value is -1.30. The van der Waals surface area contributed by atoms with Gasteiger partial charge in [0, 0.05) is 6.92 Å². The Morgan fingerprint density at radius 2 is 2.36 bits per heavy atom. The van der Waals surface area contributed by atoms with Gasteiger partial charge in [0.1, 0.15) is 0 Å². The van der Waals surface area contributed by atoms with E-state index in [0.717, 1.165) is 0 Å². The van der Waals surface area contributed by atoms with E-state index >= 15 is 0 Å². The van der Waals surface area contributed by atoms with Crippen LogP contribution in [0, 0.1) is 11.5 Å². The third-order valence-corrected chi connectivity index (χ3v) is 2.03. The maximum atomic E-state index is 9.60. The van der Waals surface area contributed by atoms with E-state index in [1.54, 1.807) is 5.57 Å². The van der Waals surface area contributed by atoms with E-state index in [1.807, 2.05) is 0 Å². The maximum absolute atomic E-state index is 9.60. The highest BCUT2D eigenvalue weighted by Crippen LogP contribution is 2.18. The zero-order valence-corrected chi connectivity index (χ0v) is 8.88. The lowest BCUT2D eigenvalue weighted by Gasteiger charge is -2.08. The fourth-order valence-electron chi connectivity index (χ4n) is 1.29. The largest absolute Gasteiger partial charge is 0.351 e. The molecule has 0 saturated heterocycles. The Bertz CT molecular complexity index is 238. The van der Waals surface area contributed by atoms with Crippen LogP contribution in [0.1, 0.15) is 46.0 Å².